The summed E-state index contributed by atoms with van der Waals surface area (Å²) >= 11 is 11.9. The number of para-hydroxylation sites is 1. The average Bonchev–Trinajstić information content (AvgIpc) is 2.96. The molecule has 0 amide bonds. The molecule has 0 radical (unpaired) electrons. The number of anilines is 1. The molecule has 5 nitrogen and oxygen atoms in total. The van der Waals surface area contributed by atoms with Crippen molar-refractivity contribution in [2.45, 2.75) is 20.5 Å². The Morgan fingerprint density at radius 1 is 1.07 bits per heavy atom. The summed E-state index contributed by atoms with van der Waals surface area (Å²) in [6.07, 6.45) is 0. The van der Waals surface area contributed by atoms with Gasteiger partial charge in [0.05, 0.1) is 31.9 Å². The van der Waals surface area contributed by atoms with E-state index in [1.165, 1.54) is 16.2 Å². The first-order valence-electron chi connectivity index (χ1n) is 9.59. The molecule has 1 N–H and O–H groups in total. The SMILES string of the molecule is Cc1ccccc1-n1c(C)nn(C[NH+]2CCN(c3cccc(Cl)c3)CC2)c1=S. The van der Waals surface area contributed by atoms with Gasteiger partial charge in [-0.25, -0.2) is 0 Å². The molecule has 7 heteroatoms. The second-order valence-electron chi connectivity index (χ2n) is 7.33. The molecule has 0 unspecified atom stereocenters. The van der Waals surface area contributed by atoms with Crippen molar-refractivity contribution in [1.82, 2.24) is 14.3 Å². The molecule has 0 bridgehead atoms. The van der Waals surface area contributed by atoms with Gasteiger partial charge in [0.25, 0.3) is 0 Å². The number of nitrogens with one attached hydrogen (secondary N) is 1. The fraction of sp³-hybridized carbons (Fsp3) is 0.333. The fourth-order valence-electron chi connectivity index (χ4n) is 3.83. The average molecular weight is 415 g/mol. The molecule has 1 aromatic heterocycles. The van der Waals surface area contributed by atoms with Crippen molar-refractivity contribution in [1.29, 1.82) is 0 Å². The molecule has 3 aromatic rings. The number of halogens is 1. The minimum Gasteiger partial charge on any atom is -0.360 e. The number of piperazine rings is 1. The van der Waals surface area contributed by atoms with E-state index >= 15 is 0 Å². The molecule has 146 valence electrons. The van der Waals surface area contributed by atoms with Crippen LogP contribution in [0.15, 0.2) is 48.5 Å². The van der Waals surface area contributed by atoms with Gasteiger partial charge in [0.1, 0.15) is 5.82 Å². The Morgan fingerprint density at radius 3 is 2.54 bits per heavy atom. The Labute approximate surface area is 175 Å². The Kier molecular flexibility index (Phi) is 5.53. The zero-order valence-corrected chi connectivity index (χ0v) is 17.8. The van der Waals surface area contributed by atoms with Crippen molar-refractivity contribution in [3.05, 3.63) is 69.7 Å². The molecule has 1 saturated heterocycles. The molecule has 1 aliphatic heterocycles. The van der Waals surface area contributed by atoms with Crippen LogP contribution in [0.3, 0.4) is 0 Å². The molecular formula is C21H25ClN5S+. The highest BCUT2D eigenvalue weighted by molar-refractivity contribution is 7.71. The highest BCUT2D eigenvalue weighted by atomic mass is 35.5. The van der Waals surface area contributed by atoms with Crippen LogP contribution in [0.5, 0.6) is 0 Å². The van der Waals surface area contributed by atoms with Crippen molar-refractivity contribution >= 4 is 29.5 Å². The number of rotatable bonds is 4. The van der Waals surface area contributed by atoms with Crippen molar-refractivity contribution < 1.29 is 4.90 Å². The molecule has 2 aromatic carbocycles. The van der Waals surface area contributed by atoms with Crippen LogP contribution in [-0.4, -0.2) is 40.5 Å². The lowest BCUT2D eigenvalue weighted by Crippen LogP contribution is -3.14. The largest absolute Gasteiger partial charge is 0.360 e. The highest BCUT2D eigenvalue weighted by Gasteiger charge is 2.22. The van der Waals surface area contributed by atoms with E-state index in [1.54, 1.807) is 0 Å². The maximum Gasteiger partial charge on any atom is 0.207 e. The van der Waals surface area contributed by atoms with Gasteiger partial charge in [0.2, 0.25) is 4.77 Å². The molecular weight excluding hydrogens is 390 g/mol. The van der Waals surface area contributed by atoms with Crippen molar-refractivity contribution in [2.75, 3.05) is 31.1 Å². The zero-order valence-electron chi connectivity index (χ0n) is 16.2. The van der Waals surface area contributed by atoms with Gasteiger partial charge in [0.15, 0.2) is 6.67 Å². The first-order chi connectivity index (χ1) is 13.5. The molecule has 28 heavy (non-hydrogen) atoms. The standard InChI is InChI=1S/C21H24ClN5S/c1-16-6-3-4-9-20(16)27-17(2)23-26(21(27)28)15-24-10-12-25(13-11-24)19-8-5-7-18(22)14-19/h3-9,14H,10-13,15H2,1-2H3/p+1. The number of aryl methyl sites for hydroxylation is 2. The Morgan fingerprint density at radius 2 is 1.82 bits per heavy atom. The number of aromatic nitrogens is 3. The summed E-state index contributed by atoms with van der Waals surface area (Å²) < 4.78 is 4.81. The van der Waals surface area contributed by atoms with E-state index in [1.807, 2.05) is 41.9 Å². The lowest BCUT2D eigenvalue weighted by atomic mass is 10.2. The van der Waals surface area contributed by atoms with Crippen LogP contribution < -0.4 is 9.80 Å². The molecule has 0 aliphatic carbocycles. The Balaban J connectivity index is 1.47. The molecule has 2 heterocycles. The Bertz CT molecular complexity index is 1030. The van der Waals surface area contributed by atoms with E-state index in [0.29, 0.717) is 0 Å². The van der Waals surface area contributed by atoms with Gasteiger partial charge in [-0.2, -0.15) is 9.78 Å². The van der Waals surface area contributed by atoms with E-state index in [0.717, 1.165) is 54.2 Å². The second kappa shape index (κ2) is 8.07. The third kappa shape index (κ3) is 3.85. The summed E-state index contributed by atoms with van der Waals surface area (Å²) in [4.78, 5) is 3.88. The monoisotopic (exact) mass is 414 g/mol. The number of quaternary nitrogens is 1. The van der Waals surface area contributed by atoms with E-state index < -0.39 is 0 Å². The number of nitrogens with zero attached hydrogens (tertiary/aromatic N) is 4. The topological polar surface area (TPSA) is 30.4 Å². The minimum absolute atomic E-state index is 0.761. The molecule has 4 rings (SSSR count). The van der Waals surface area contributed by atoms with Gasteiger partial charge in [-0.05, 0) is 55.9 Å². The Hall–Kier alpha value is -2.15. The molecule has 0 spiro atoms. The van der Waals surface area contributed by atoms with E-state index in [9.17, 15) is 0 Å². The van der Waals surface area contributed by atoms with E-state index in [2.05, 4.69) is 34.6 Å². The first kappa shape index (κ1) is 19.2. The van der Waals surface area contributed by atoms with E-state index in [4.69, 9.17) is 28.9 Å². The number of benzene rings is 2. The van der Waals surface area contributed by atoms with Crippen LogP contribution in [0.1, 0.15) is 11.4 Å². The van der Waals surface area contributed by atoms with Crippen LogP contribution in [0, 0.1) is 18.6 Å². The molecule has 1 fully saturated rings. The van der Waals surface area contributed by atoms with Crippen molar-refractivity contribution in [2.24, 2.45) is 0 Å². The maximum absolute atomic E-state index is 6.14. The quantitative estimate of drug-likeness (QED) is 0.665. The highest BCUT2D eigenvalue weighted by Crippen LogP contribution is 2.19. The van der Waals surface area contributed by atoms with Crippen LogP contribution in [0.2, 0.25) is 5.02 Å². The maximum atomic E-state index is 6.14. The smallest absolute Gasteiger partial charge is 0.207 e. The second-order valence-corrected chi connectivity index (χ2v) is 8.13. The molecule has 1 aliphatic rings. The summed E-state index contributed by atoms with van der Waals surface area (Å²) in [5.41, 5.74) is 3.50. The first-order valence-corrected chi connectivity index (χ1v) is 10.4. The third-order valence-corrected chi connectivity index (χ3v) is 6.00. The number of hydrogen-bond donors (Lipinski definition) is 1. The van der Waals surface area contributed by atoms with Gasteiger partial charge < -0.3 is 9.80 Å². The predicted molar refractivity (Wildman–Crippen MR) is 116 cm³/mol. The third-order valence-electron chi connectivity index (χ3n) is 5.37. The normalized spacial score (nSPS) is 15.2. The van der Waals surface area contributed by atoms with Gasteiger partial charge >= 0.3 is 0 Å². The summed E-state index contributed by atoms with van der Waals surface area (Å²) in [6.45, 7) is 9.01. The van der Waals surface area contributed by atoms with Gasteiger partial charge in [-0.3, -0.25) is 4.57 Å². The molecule has 0 atom stereocenters. The van der Waals surface area contributed by atoms with E-state index in [-0.39, 0.29) is 0 Å². The van der Waals surface area contributed by atoms with Gasteiger partial charge in [0, 0.05) is 10.7 Å². The van der Waals surface area contributed by atoms with Crippen LogP contribution in [0.4, 0.5) is 5.69 Å². The minimum atomic E-state index is 0.761. The zero-order chi connectivity index (χ0) is 19.7. The van der Waals surface area contributed by atoms with Crippen LogP contribution >= 0.6 is 23.8 Å². The summed E-state index contributed by atoms with van der Waals surface area (Å²) in [7, 11) is 0. The van der Waals surface area contributed by atoms with Crippen LogP contribution in [0.25, 0.3) is 5.69 Å². The summed E-state index contributed by atoms with van der Waals surface area (Å²) in [5.74, 6) is 0.927. The molecule has 0 saturated carbocycles. The lowest BCUT2D eigenvalue weighted by Gasteiger charge is -2.33. The summed E-state index contributed by atoms with van der Waals surface area (Å²) in [6, 6.07) is 16.4. The number of hydrogen-bond acceptors (Lipinski definition) is 3. The van der Waals surface area contributed by atoms with Crippen LogP contribution in [-0.2, 0) is 6.67 Å². The van der Waals surface area contributed by atoms with Gasteiger partial charge in [-0.15, -0.1) is 0 Å². The van der Waals surface area contributed by atoms with Gasteiger partial charge in [-0.1, -0.05) is 35.9 Å². The predicted octanol–water partition coefficient (Wildman–Crippen LogP) is 3.04. The lowest BCUT2D eigenvalue weighted by molar-refractivity contribution is -0.924. The summed E-state index contributed by atoms with van der Waals surface area (Å²) in [5, 5.41) is 5.52. The fourth-order valence-corrected chi connectivity index (χ4v) is 4.35. The van der Waals surface area contributed by atoms with Crippen molar-refractivity contribution in [3.63, 3.8) is 0 Å². The van der Waals surface area contributed by atoms with Crippen molar-refractivity contribution in [3.8, 4) is 5.69 Å².